The molecule has 0 spiro atoms. The number of hydrogen-bond donors (Lipinski definition) is 1. The number of hydrogen-bond acceptors (Lipinski definition) is 5. The summed E-state index contributed by atoms with van der Waals surface area (Å²) in [6.07, 6.45) is 6.21. The standard InChI is InChI=1S/C25H30N4O2/c1-19(11-12-20-9-5-6-10-23(20)26-2)24(25(30)31-4)27-28(3)21-13-15-22(16-14-21)29-17-7-8-18-29/h5-6,9-16,26H,1,7-8,17-18H2,2-4H3/p+1/b12-11-,27-24-. The van der Waals surface area contributed by atoms with Crippen LogP contribution in [0.15, 0.2) is 71.9 Å². The molecular weight excluding hydrogens is 388 g/mol. The number of para-hydroxylation sites is 1. The first-order valence-electron chi connectivity index (χ1n) is 10.5. The maximum atomic E-state index is 12.4. The lowest BCUT2D eigenvalue weighted by molar-refractivity contribution is -0.539. The second kappa shape index (κ2) is 10.6. The molecule has 31 heavy (non-hydrogen) atoms. The van der Waals surface area contributed by atoms with E-state index in [9.17, 15) is 4.79 Å². The number of methoxy groups -OCH3 is 1. The monoisotopic (exact) mass is 419 g/mol. The summed E-state index contributed by atoms with van der Waals surface area (Å²) in [5.41, 5.74) is 4.90. The molecule has 1 heterocycles. The van der Waals surface area contributed by atoms with Crippen molar-refractivity contribution in [3.63, 3.8) is 0 Å². The summed E-state index contributed by atoms with van der Waals surface area (Å²) in [5.74, 6) is -0.523. The van der Waals surface area contributed by atoms with E-state index in [0.717, 1.165) is 30.0 Å². The van der Waals surface area contributed by atoms with E-state index in [4.69, 9.17) is 4.74 Å². The van der Waals surface area contributed by atoms with Gasteiger partial charge >= 0.3 is 5.97 Å². The van der Waals surface area contributed by atoms with Crippen LogP contribution < -0.4 is 15.2 Å². The van der Waals surface area contributed by atoms with E-state index in [1.165, 1.54) is 25.6 Å². The van der Waals surface area contributed by atoms with E-state index >= 15 is 0 Å². The Morgan fingerprint density at radius 1 is 1.16 bits per heavy atom. The lowest BCUT2D eigenvalue weighted by Gasteiger charge is -2.20. The number of nitrogens with two attached hydrogens (primary N) is 1. The van der Waals surface area contributed by atoms with Gasteiger partial charge in [0.25, 0.3) is 0 Å². The lowest BCUT2D eigenvalue weighted by Crippen LogP contribution is -2.73. The van der Waals surface area contributed by atoms with Crippen LogP contribution in [0.5, 0.6) is 0 Å². The molecule has 6 nitrogen and oxygen atoms in total. The number of anilines is 2. The number of allylic oxidation sites excluding steroid dienone is 1. The maximum absolute atomic E-state index is 12.4. The fourth-order valence-electron chi connectivity index (χ4n) is 3.59. The highest BCUT2D eigenvalue weighted by Gasteiger charge is 2.17. The molecule has 2 aromatic rings. The first kappa shape index (κ1) is 22.3. The number of ether oxygens (including phenoxy) is 1. The van der Waals surface area contributed by atoms with Gasteiger partial charge in [-0.05, 0) is 55.3 Å². The molecule has 0 aromatic heterocycles. The van der Waals surface area contributed by atoms with Crippen molar-refractivity contribution in [2.75, 3.05) is 44.2 Å². The highest BCUT2D eigenvalue weighted by atomic mass is 16.5. The van der Waals surface area contributed by atoms with Gasteiger partial charge in [-0.25, -0.2) is 4.79 Å². The highest BCUT2D eigenvalue weighted by molar-refractivity contribution is 6.44. The molecule has 0 amide bonds. The molecule has 0 atom stereocenters. The Bertz CT molecular complexity index is 973. The molecule has 0 unspecified atom stereocenters. The predicted molar refractivity (Wildman–Crippen MR) is 128 cm³/mol. The second-order valence-electron chi connectivity index (χ2n) is 7.45. The zero-order valence-electron chi connectivity index (χ0n) is 18.5. The Morgan fingerprint density at radius 2 is 1.84 bits per heavy atom. The minimum atomic E-state index is -0.523. The van der Waals surface area contributed by atoms with Gasteiger partial charge in [0.05, 0.1) is 19.8 Å². The average molecular weight is 420 g/mol. The average Bonchev–Trinajstić information content (AvgIpc) is 3.35. The van der Waals surface area contributed by atoms with Crippen LogP contribution in [0.2, 0.25) is 0 Å². The quantitative estimate of drug-likeness (QED) is 0.234. The zero-order valence-corrected chi connectivity index (χ0v) is 18.5. The minimum absolute atomic E-state index is 0.169. The van der Waals surface area contributed by atoms with E-state index in [0.29, 0.717) is 5.57 Å². The topological polar surface area (TPSA) is 61.8 Å². The molecule has 0 radical (unpaired) electrons. The van der Waals surface area contributed by atoms with Crippen LogP contribution in [0.4, 0.5) is 17.1 Å². The largest absolute Gasteiger partial charge is 0.464 e. The minimum Gasteiger partial charge on any atom is -0.464 e. The molecular formula is C25H31N4O2+. The van der Waals surface area contributed by atoms with E-state index in [-0.39, 0.29) is 5.71 Å². The number of quaternary nitrogens is 1. The Morgan fingerprint density at radius 3 is 2.48 bits per heavy atom. The van der Waals surface area contributed by atoms with E-state index < -0.39 is 5.97 Å². The second-order valence-corrected chi connectivity index (χ2v) is 7.45. The summed E-state index contributed by atoms with van der Waals surface area (Å²) >= 11 is 0. The molecule has 3 rings (SSSR count). The third-order valence-corrected chi connectivity index (χ3v) is 5.40. The number of nitrogens with zero attached hydrogens (tertiary/aromatic N) is 3. The molecule has 1 saturated heterocycles. The third kappa shape index (κ3) is 5.61. The van der Waals surface area contributed by atoms with Crippen molar-refractivity contribution in [2.24, 2.45) is 5.10 Å². The molecule has 0 bridgehead atoms. The number of carbonyl (C=O) groups excluding carboxylic acids is 1. The molecule has 2 aromatic carbocycles. The smallest absolute Gasteiger partial charge is 0.359 e. The summed E-state index contributed by atoms with van der Waals surface area (Å²) in [6, 6.07) is 16.2. The first-order chi connectivity index (χ1) is 15.0. The fraction of sp³-hybridized carbons (Fsp3) is 0.280. The van der Waals surface area contributed by atoms with Gasteiger partial charge in [0.15, 0.2) is 5.71 Å². The normalized spacial score (nSPS) is 14.2. The van der Waals surface area contributed by atoms with Crippen molar-refractivity contribution in [1.82, 2.24) is 0 Å². The van der Waals surface area contributed by atoms with Crippen LogP contribution in [-0.2, 0) is 9.53 Å². The van der Waals surface area contributed by atoms with Crippen molar-refractivity contribution in [1.29, 1.82) is 0 Å². The molecule has 162 valence electrons. The van der Waals surface area contributed by atoms with Crippen LogP contribution >= 0.6 is 0 Å². The maximum Gasteiger partial charge on any atom is 0.359 e. The molecule has 1 aliphatic rings. The fourth-order valence-corrected chi connectivity index (χ4v) is 3.59. The first-order valence-corrected chi connectivity index (χ1v) is 10.5. The third-order valence-electron chi connectivity index (χ3n) is 5.40. The summed E-state index contributed by atoms with van der Waals surface area (Å²) in [5, 5.41) is 8.22. The van der Waals surface area contributed by atoms with Crippen molar-refractivity contribution >= 4 is 34.8 Å². The van der Waals surface area contributed by atoms with Crippen LogP contribution in [0, 0.1) is 0 Å². The van der Waals surface area contributed by atoms with Crippen molar-refractivity contribution in [2.45, 2.75) is 12.8 Å². The van der Waals surface area contributed by atoms with Gasteiger partial charge in [-0.3, -0.25) is 5.01 Å². The number of rotatable bonds is 8. The summed E-state index contributed by atoms with van der Waals surface area (Å²) < 4.78 is 4.95. The SMILES string of the molecule is C=C(/C=C\c1ccccc1[NH2+]C)/C(=N/N(C)c1ccc(N2CCCC2)cc1)C(=O)OC. The van der Waals surface area contributed by atoms with E-state index in [2.05, 4.69) is 28.7 Å². The molecule has 0 aliphatic carbocycles. The van der Waals surface area contributed by atoms with Crippen molar-refractivity contribution in [3.05, 3.63) is 72.3 Å². The molecule has 1 aliphatic heterocycles. The summed E-state index contributed by atoms with van der Waals surface area (Å²) in [7, 11) is 5.15. The number of esters is 1. The van der Waals surface area contributed by atoms with Gasteiger partial charge in [0.2, 0.25) is 0 Å². The van der Waals surface area contributed by atoms with Crippen molar-refractivity contribution < 1.29 is 14.8 Å². The molecule has 1 fully saturated rings. The summed E-state index contributed by atoms with van der Waals surface area (Å²) in [4.78, 5) is 14.8. The summed E-state index contributed by atoms with van der Waals surface area (Å²) in [6.45, 7) is 6.25. The van der Waals surface area contributed by atoms with Crippen LogP contribution in [0.3, 0.4) is 0 Å². The highest BCUT2D eigenvalue weighted by Crippen LogP contribution is 2.24. The Balaban J connectivity index is 1.79. The van der Waals surface area contributed by atoms with E-state index in [1.807, 2.05) is 61.9 Å². The predicted octanol–water partition coefficient (Wildman–Crippen LogP) is 3.35. The van der Waals surface area contributed by atoms with Crippen LogP contribution in [-0.4, -0.2) is 46.0 Å². The zero-order chi connectivity index (χ0) is 22.2. The molecule has 6 heteroatoms. The lowest BCUT2D eigenvalue weighted by atomic mass is 10.1. The Hall–Kier alpha value is -3.38. The number of benzene rings is 2. The molecule has 0 saturated carbocycles. The van der Waals surface area contributed by atoms with Crippen LogP contribution in [0.25, 0.3) is 6.08 Å². The number of hydrazone groups is 1. The molecule has 2 N–H and O–H groups in total. The number of carbonyl (C=O) groups is 1. The van der Waals surface area contributed by atoms with Gasteiger partial charge in [-0.2, -0.15) is 5.10 Å². The van der Waals surface area contributed by atoms with Crippen molar-refractivity contribution in [3.8, 4) is 0 Å². The van der Waals surface area contributed by atoms with Gasteiger partial charge in [0.1, 0.15) is 5.69 Å². The van der Waals surface area contributed by atoms with Gasteiger partial charge in [-0.15, -0.1) is 0 Å². The Kier molecular flexibility index (Phi) is 7.62. The van der Waals surface area contributed by atoms with Gasteiger partial charge in [0, 0.05) is 37.0 Å². The van der Waals surface area contributed by atoms with Gasteiger partial charge in [-0.1, -0.05) is 24.8 Å². The van der Waals surface area contributed by atoms with Crippen LogP contribution in [0.1, 0.15) is 18.4 Å². The Labute approximate surface area is 184 Å². The van der Waals surface area contributed by atoms with Gasteiger partial charge < -0.3 is 15.0 Å². The van der Waals surface area contributed by atoms with E-state index in [1.54, 1.807) is 11.1 Å².